The first kappa shape index (κ1) is 20.5. The number of sulfonamides is 1. The number of nitrogens with one attached hydrogen (secondary N) is 1. The average molecular weight is 436 g/mol. The largest absolute Gasteiger partial charge is 0.493 e. The Morgan fingerprint density at radius 2 is 1.83 bits per heavy atom. The van der Waals surface area contributed by atoms with Crippen LogP contribution in [-0.2, 0) is 16.4 Å². The number of anilines is 1. The summed E-state index contributed by atoms with van der Waals surface area (Å²) in [7, 11) is -1.12. The van der Waals surface area contributed by atoms with E-state index in [1.165, 1.54) is 26.4 Å². The number of aromatic nitrogens is 2. The van der Waals surface area contributed by atoms with Crippen LogP contribution in [0.25, 0.3) is 0 Å². The van der Waals surface area contributed by atoms with Crippen LogP contribution < -0.4 is 14.2 Å². The van der Waals surface area contributed by atoms with Gasteiger partial charge in [-0.15, -0.1) is 10.2 Å². The fourth-order valence-electron chi connectivity index (χ4n) is 2.54. The van der Waals surface area contributed by atoms with Crippen LogP contribution in [0.2, 0.25) is 0 Å². The second kappa shape index (κ2) is 8.41. The number of para-hydroxylation sites is 1. The number of methoxy groups -OCH3 is 2. The Hall–Kier alpha value is -3.25. The summed E-state index contributed by atoms with van der Waals surface area (Å²) in [6, 6.07) is 10.5. The highest BCUT2D eigenvalue weighted by Gasteiger charge is 2.26. The molecule has 29 heavy (non-hydrogen) atoms. The molecule has 0 saturated heterocycles. The molecule has 0 saturated carbocycles. The second-order valence-corrected chi connectivity index (χ2v) is 8.41. The summed E-state index contributed by atoms with van der Waals surface area (Å²) >= 11 is 1.03. The van der Waals surface area contributed by atoms with E-state index in [1.807, 2.05) is 6.07 Å². The van der Waals surface area contributed by atoms with Gasteiger partial charge in [0.2, 0.25) is 5.13 Å². The first-order valence-corrected chi connectivity index (χ1v) is 10.4. The minimum atomic E-state index is -4.19. The Morgan fingerprint density at radius 1 is 1.10 bits per heavy atom. The molecule has 0 unspecified atom stereocenters. The summed E-state index contributed by atoms with van der Waals surface area (Å²) in [6.45, 7) is 0. The van der Waals surface area contributed by atoms with Gasteiger partial charge in [-0.05, 0) is 23.8 Å². The lowest BCUT2D eigenvalue weighted by Crippen LogP contribution is -2.14. The molecule has 12 heteroatoms. The predicted molar refractivity (Wildman–Crippen MR) is 106 cm³/mol. The van der Waals surface area contributed by atoms with Gasteiger partial charge in [-0.2, -0.15) is 0 Å². The van der Waals surface area contributed by atoms with Crippen molar-refractivity contribution in [1.82, 2.24) is 10.2 Å². The monoisotopic (exact) mass is 436 g/mol. The van der Waals surface area contributed by atoms with E-state index in [4.69, 9.17) is 9.47 Å². The Balaban J connectivity index is 1.80. The lowest BCUT2D eigenvalue weighted by atomic mass is 10.1. The van der Waals surface area contributed by atoms with Gasteiger partial charge in [0.1, 0.15) is 5.01 Å². The van der Waals surface area contributed by atoms with E-state index >= 15 is 0 Å². The predicted octanol–water partition coefficient (Wildman–Crippen LogP) is 2.86. The fourth-order valence-corrected chi connectivity index (χ4v) is 4.71. The molecule has 1 heterocycles. The van der Waals surface area contributed by atoms with Crippen LogP contribution >= 0.6 is 11.3 Å². The van der Waals surface area contributed by atoms with Crippen molar-refractivity contribution in [2.75, 3.05) is 18.9 Å². The van der Waals surface area contributed by atoms with Gasteiger partial charge in [0, 0.05) is 12.5 Å². The van der Waals surface area contributed by atoms with E-state index in [9.17, 15) is 18.5 Å². The van der Waals surface area contributed by atoms with Crippen molar-refractivity contribution in [1.29, 1.82) is 0 Å². The van der Waals surface area contributed by atoms with E-state index in [0.717, 1.165) is 29.0 Å². The summed E-state index contributed by atoms with van der Waals surface area (Å²) < 4.78 is 37.8. The van der Waals surface area contributed by atoms with E-state index < -0.39 is 25.5 Å². The Bertz CT molecular complexity index is 1150. The molecule has 0 fully saturated rings. The first-order valence-electron chi connectivity index (χ1n) is 8.13. The van der Waals surface area contributed by atoms with Crippen LogP contribution in [0.5, 0.6) is 11.5 Å². The molecule has 3 rings (SSSR count). The standard InChI is InChI=1S/C17H16N4O6S2/c1-26-13-8-7-11(9-14(13)27-2)10-16-18-19-17(28-16)20-29(24,25)15-6-4-3-5-12(15)21(22)23/h3-9H,10H2,1-2H3,(H,19,20). The van der Waals surface area contributed by atoms with Crippen LogP contribution in [0.1, 0.15) is 10.6 Å². The molecule has 0 aliphatic rings. The molecule has 2 aromatic carbocycles. The summed E-state index contributed by atoms with van der Waals surface area (Å²) in [5, 5.41) is 19.5. The summed E-state index contributed by atoms with van der Waals surface area (Å²) in [6.07, 6.45) is 0.394. The average Bonchev–Trinajstić information content (AvgIpc) is 3.13. The maximum absolute atomic E-state index is 12.5. The zero-order valence-electron chi connectivity index (χ0n) is 15.4. The highest BCUT2D eigenvalue weighted by atomic mass is 32.2. The molecule has 0 atom stereocenters. The number of hydrogen-bond acceptors (Lipinski definition) is 9. The number of nitro groups is 1. The molecule has 3 aromatic rings. The Morgan fingerprint density at radius 3 is 2.52 bits per heavy atom. The fraction of sp³-hybridized carbons (Fsp3) is 0.176. The minimum Gasteiger partial charge on any atom is -0.493 e. The molecular weight excluding hydrogens is 420 g/mol. The van der Waals surface area contributed by atoms with Crippen molar-refractivity contribution < 1.29 is 22.8 Å². The third-order valence-corrected chi connectivity index (χ3v) is 6.20. The van der Waals surface area contributed by atoms with Crippen molar-refractivity contribution >= 4 is 32.2 Å². The third kappa shape index (κ3) is 4.60. The number of nitrogens with zero attached hydrogens (tertiary/aromatic N) is 3. The highest BCUT2D eigenvalue weighted by Crippen LogP contribution is 2.30. The summed E-state index contributed by atoms with van der Waals surface area (Å²) in [5.41, 5.74) is 0.349. The van der Waals surface area contributed by atoms with Crippen molar-refractivity contribution in [3.8, 4) is 11.5 Å². The van der Waals surface area contributed by atoms with Crippen LogP contribution in [-0.4, -0.2) is 37.8 Å². The third-order valence-electron chi connectivity index (χ3n) is 3.84. The lowest BCUT2D eigenvalue weighted by molar-refractivity contribution is -0.387. The van der Waals surface area contributed by atoms with Crippen molar-refractivity contribution in [3.05, 3.63) is 63.1 Å². The van der Waals surface area contributed by atoms with Crippen LogP contribution in [0.3, 0.4) is 0 Å². The molecule has 0 radical (unpaired) electrons. The van der Waals surface area contributed by atoms with Crippen molar-refractivity contribution in [3.63, 3.8) is 0 Å². The van der Waals surface area contributed by atoms with Gasteiger partial charge in [0.25, 0.3) is 15.7 Å². The van der Waals surface area contributed by atoms with Gasteiger partial charge in [0.05, 0.1) is 19.1 Å². The van der Waals surface area contributed by atoms with Gasteiger partial charge in [-0.1, -0.05) is 29.5 Å². The van der Waals surface area contributed by atoms with E-state index in [1.54, 1.807) is 12.1 Å². The van der Waals surface area contributed by atoms with E-state index in [0.29, 0.717) is 22.9 Å². The lowest BCUT2D eigenvalue weighted by Gasteiger charge is -2.08. The molecule has 10 nitrogen and oxygen atoms in total. The van der Waals surface area contributed by atoms with Gasteiger partial charge in [-0.3, -0.25) is 14.8 Å². The maximum Gasteiger partial charge on any atom is 0.289 e. The molecule has 0 aliphatic heterocycles. The molecule has 0 spiro atoms. The van der Waals surface area contributed by atoms with Crippen LogP contribution in [0, 0.1) is 10.1 Å². The molecule has 0 aliphatic carbocycles. The number of ether oxygens (including phenoxy) is 2. The van der Waals surface area contributed by atoms with Gasteiger partial charge in [0.15, 0.2) is 16.4 Å². The van der Waals surface area contributed by atoms with Crippen molar-refractivity contribution in [2.24, 2.45) is 0 Å². The van der Waals surface area contributed by atoms with E-state index in [-0.39, 0.29) is 5.13 Å². The number of rotatable bonds is 8. The SMILES string of the molecule is COc1ccc(Cc2nnc(NS(=O)(=O)c3ccccc3[N+](=O)[O-])s2)cc1OC. The summed E-state index contributed by atoms with van der Waals surface area (Å²) in [4.78, 5) is 9.90. The topological polar surface area (TPSA) is 134 Å². The molecule has 152 valence electrons. The zero-order valence-corrected chi connectivity index (χ0v) is 17.0. The second-order valence-electron chi connectivity index (χ2n) is 5.70. The quantitative estimate of drug-likeness (QED) is 0.421. The summed E-state index contributed by atoms with van der Waals surface area (Å²) in [5.74, 6) is 1.15. The Labute approximate surface area is 170 Å². The number of hydrogen-bond donors (Lipinski definition) is 1. The van der Waals surface area contributed by atoms with Crippen LogP contribution in [0.4, 0.5) is 10.8 Å². The molecule has 0 bridgehead atoms. The van der Waals surface area contributed by atoms with Gasteiger partial charge < -0.3 is 9.47 Å². The normalized spacial score (nSPS) is 11.1. The van der Waals surface area contributed by atoms with Gasteiger partial charge in [-0.25, -0.2) is 8.42 Å². The van der Waals surface area contributed by atoms with Crippen LogP contribution in [0.15, 0.2) is 47.4 Å². The molecular formula is C17H16N4O6S2. The molecule has 0 amide bonds. The number of benzene rings is 2. The first-order chi connectivity index (χ1) is 13.8. The maximum atomic E-state index is 12.5. The molecule has 1 N–H and O–H groups in total. The van der Waals surface area contributed by atoms with E-state index in [2.05, 4.69) is 14.9 Å². The highest BCUT2D eigenvalue weighted by molar-refractivity contribution is 7.93. The van der Waals surface area contributed by atoms with Gasteiger partial charge >= 0.3 is 0 Å². The zero-order chi connectivity index (χ0) is 21.0. The number of nitro benzene ring substituents is 1. The smallest absolute Gasteiger partial charge is 0.289 e. The Kier molecular flexibility index (Phi) is 5.94. The van der Waals surface area contributed by atoms with Crippen molar-refractivity contribution in [2.45, 2.75) is 11.3 Å². The minimum absolute atomic E-state index is 0.0126. The molecule has 1 aromatic heterocycles.